The lowest BCUT2D eigenvalue weighted by Gasteiger charge is -2.10. The number of ether oxygens (including phenoxy) is 1. The van der Waals surface area contributed by atoms with Gasteiger partial charge in [0.2, 0.25) is 0 Å². The minimum Gasteiger partial charge on any atom is -0.462 e. The Morgan fingerprint density at radius 2 is 2.03 bits per heavy atom. The molecule has 0 spiro atoms. The number of nitrogens with two attached hydrogens (primary N) is 1. The van der Waals surface area contributed by atoms with Crippen LogP contribution in [-0.2, 0) is 24.0 Å². The van der Waals surface area contributed by atoms with Crippen molar-refractivity contribution >= 4 is 29.7 Å². The maximum Gasteiger partial charge on any atom is 0.416 e. The Kier molecular flexibility index (Phi) is 7.62. The van der Waals surface area contributed by atoms with Crippen LogP contribution in [0.5, 0.6) is 0 Å². The summed E-state index contributed by atoms with van der Waals surface area (Å²) in [6.07, 6.45) is -1.51. The van der Waals surface area contributed by atoms with E-state index in [0.717, 1.165) is 17.0 Å². The van der Waals surface area contributed by atoms with Crippen molar-refractivity contribution in [3.63, 3.8) is 0 Å². The van der Waals surface area contributed by atoms with E-state index >= 15 is 0 Å². The lowest BCUT2D eigenvalue weighted by Crippen LogP contribution is -2.07. The fourth-order valence-electron chi connectivity index (χ4n) is 2.72. The third-order valence-electron chi connectivity index (χ3n) is 4.15. The second kappa shape index (κ2) is 9.59. The minimum atomic E-state index is -4.46. The lowest BCUT2D eigenvalue weighted by molar-refractivity contribution is -0.137. The number of hydrogen-bond acceptors (Lipinski definition) is 6. The molecule has 0 bridgehead atoms. The molecule has 0 unspecified atom stereocenters. The molecule has 3 aromatic rings. The summed E-state index contributed by atoms with van der Waals surface area (Å²) in [4.78, 5) is 17.1. The topological polar surface area (TPSA) is 83.0 Å². The normalized spacial score (nSPS) is 11.3. The molecule has 0 amide bonds. The number of rotatable bonds is 6. The van der Waals surface area contributed by atoms with Gasteiger partial charge in [0, 0.05) is 23.2 Å². The first-order valence-electron chi connectivity index (χ1n) is 8.78. The maximum absolute atomic E-state index is 13.2. The molecule has 1 aromatic carbocycles. The predicted molar refractivity (Wildman–Crippen MR) is 110 cm³/mol. The van der Waals surface area contributed by atoms with Gasteiger partial charge in [-0.15, -0.1) is 23.7 Å². The van der Waals surface area contributed by atoms with Crippen LogP contribution in [0.25, 0.3) is 10.6 Å². The first-order chi connectivity index (χ1) is 13.7. The van der Waals surface area contributed by atoms with Crippen LogP contribution in [0.1, 0.15) is 39.0 Å². The molecule has 0 aliphatic heterocycles. The second-order valence-electron chi connectivity index (χ2n) is 6.29. The van der Waals surface area contributed by atoms with Gasteiger partial charge in [0.15, 0.2) is 0 Å². The number of hydrogen-bond donors (Lipinski definition) is 1. The summed E-state index contributed by atoms with van der Waals surface area (Å²) in [5.74, 6) is -0.465. The number of aromatic nitrogens is 3. The molecule has 0 radical (unpaired) electrons. The van der Waals surface area contributed by atoms with Gasteiger partial charge in [-0.1, -0.05) is 0 Å². The third kappa shape index (κ3) is 5.38. The summed E-state index contributed by atoms with van der Waals surface area (Å²) >= 11 is 1.29. The Hall–Kier alpha value is -2.43. The zero-order valence-corrected chi connectivity index (χ0v) is 17.8. The van der Waals surface area contributed by atoms with Crippen molar-refractivity contribution in [2.24, 2.45) is 5.73 Å². The average Bonchev–Trinajstić information content (AvgIpc) is 3.28. The Labute approximate surface area is 181 Å². The number of esters is 1. The van der Waals surface area contributed by atoms with Crippen molar-refractivity contribution < 1.29 is 22.7 Å². The van der Waals surface area contributed by atoms with Crippen LogP contribution in [0.4, 0.5) is 13.2 Å². The molecule has 0 saturated heterocycles. The Morgan fingerprint density at radius 1 is 1.30 bits per heavy atom. The number of carbonyl (C=O) groups excluding carboxylic acids is 1. The highest BCUT2D eigenvalue weighted by atomic mass is 35.5. The second-order valence-corrected chi connectivity index (χ2v) is 7.49. The summed E-state index contributed by atoms with van der Waals surface area (Å²) in [5, 5.41) is 4.60. The SMILES string of the molecule is CCOC(=O)c1cnn(Cc2nc(-c3cc(CN)cc(C(F)(F)F)c3)sc2C)c1.Cl. The lowest BCUT2D eigenvalue weighted by atomic mass is 10.1. The molecule has 2 heterocycles. The molecule has 30 heavy (non-hydrogen) atoms. The summed E-state index contributed by atoms with van der Waals surface area (Å²) in [6.45, 7) is 4.10. The highest BCUT2D eigenvalue weighted by Gasteiger charge is 2.31. The first kappa shape index (κ1) is 23.8. The minimum absolute atomic E-state index is 0. The number of thiazole rings is 1. The summed E-state index contributed by atoms with van der Waals surface area (Å²) in [6, 6.07) is 3.74. The third-order valence-corrected chi connectivity index (χ3v) is 5.21. The zero-order valence-electron chi connectivity index (χ0n) is 16.2. The highest BCUT2D eigenvalue weighted by molar-refractivity contribution is 7.15. The van der Waals surface area contributed by atoms with Gasteiger partial charge in [0.1, 0.15) is 5.01 Å². The number of benzene rings is 1. The van der Waals surface area contributed by atoms with Crippen LogP contribution in [0.3, 0.4) is 0 Å². The fraction of sp³-hybridized carbons (Fsp3) is 0.316. The molecule has 0 saturated carbocycles. The molecule has 2 N–H and O–H groups in total. The molecule has 0 aliphatic carbocycles. The number of nitrogens with zero attached hydrogens (tertiary/aromatic N) is 3. The quantitative estimate of drug-likeness (QED) is 0.550. The van der Waals surface area contributed by atoms with E-state index in [4.69, 9.17) is 10.5 Å². The van der Waals surface area contributed by atoms with Gasteiger partial charge in [-0.05, 0) is 37.6 Å². The molecule has 11 heteroatoms. The van der Waals surface area contributed by atoms with Gasteiger partial charge in [-0.3, -0.25) is 4.68 Å². The molecule has 0 aliphatic rings. The molecule has 0 fully saturated rings. The molecular weight excluding hydrogens is 441 g/mol. The van der Waals surface area contributed by atoms with Crippen molar-refractivity contribution in [3.05, 3.63) is 57.9 Å². The van der Waals surface area contributed by atoms with E-state index < -0.39 is 17.7 Å². The Morgan fingerprint density at radius 3 is 2.67 bits per heavy atom. The highest BCUT2D eigenvalue weighted by Crippen LogP contribution is 2.35. The largest absolute Gasteiger partial charge is 0.462 e. The first-order valence-corrected chi connectivity index (χ1v) is 9.60. The summed E-state index contributed by atoms with van der Waals surface area (Å²) in [7, 11) is 0. The standard InChI is InChI=1S/C19H19F3N4O2S.ClH/c1-3-28-18(27)14-8-24-26(9-14)10-16-11(2)29-17(25-16)13-4-12(7-23)5-15(6-13)19(20,21)22;/h4-6,8-9H,3,7,10,23H2,1-2H3;1H. The van der Waals surface area contributed by atoms with Crippen LogP contribution in [0.15, 0.2) is 30.6 Å². The smallest absolute Gasteiger partial charge is 0.416 e. The van der Waals surface area contributed by atoms with Crippen molar-refractivity contribution in [2.75, 3.05) is 6.61 Å². The van der Waals surface area contributed by atoms with E-state index in [2.05, 4.69) is 10.1 Å². The molecule has 0 atom stereocenters. The van der Waals surface area contributed by atoms with E-state index in [1.54, 1.807) is 19.2 Å². The number of alkyl halides is 3. The van der Waals surface area contributed by atoms with E-state index in [1.807, 2.05) is 6.92 Å². The van der Waals surface area contributed by atoms with Gasteiger partial charge in [0.25, 0.3) is 0 Å². The van der Waals surface area contributed by atoms with Crippen LogP contribution < -0.4 is 5.73 Å². The molecular formula is C19H20ClF3N4O2S. The molecule has 3 rings (SSSR count). The van der Waals surface area contributed by atoms with Gasteiger partial charge in [-0.2, -0.15) is 18.3 Å². The fourth-order valence-corrected chi connectivity index (χ4v) is 3.63. The van der Waals surface area contributed by atoms with E-state index in [0.29, 0.717) is 27.4 Å². The Bertz CT molecular complexity index is 1030. The van der Waals surface area contributed by atoms with E-state index in [-0.39, 0.29) is 32.1 Å². The average molecular weight is 461 g/mol. The van der Waals surface area contributed by atoms with Crippen LogP contribution in [0, 0.1) is 6.92 Å². The van der Waals surface area contributed by atoms with Gasteiger partial charge in [0.05, 0.1) is 36.2 Å². The molecule has 2 aromatic heterocycles. The van der Waals surface area contributed by atoms with Gasteiger partial charge in [-0.25, -0.2) is 9.78 Å². The molecule has 162 valence electrons. The van der Waals surface area contributed by atoms with Crippen LogP contribution in [-0.4, -0.2) is 27.3 Å². The van der Waals surface area contributed by atoms with Crippen molar-refractivity contribution in [1.29, 1.82) is 0 Å². The van der Waals surface area contributed by atoms with E-state index in [9.17, 15) is 18.0 Å². The summed E-state index contributed by atoms with van der Waals surface area (Å²) in [5.41, 5.74) is 6.55. The number of halogens is 4. The number of carbonyl (C=O) groups is 1. The van der Waals surface area contributed by atoms with Crippen LogP contribution >= 0.6 is 23.7 Å². The van der Waals surface area contributed by atoms with Crippen molar-refractivity contribution in [2.45, 2.75) is 33.1 Å². The Balaban J connectivity index is 0.00000320. The van der Waals surface area contributed by atoms with E-state index in [1.165, 1.54) is 22.2 Å². The summed E-state index contributed by atoms with van der Waals surface area (Å²) < 4.78 is 46.0. The zero-order chi connectivity index (χ0) is 21.2. The molecule has 6 nitrogen and oxygen atoms in total. The van der Waals surface area contributed by atoms with Crippen LogP contribution in [0.2, 0.25) is 0 Å². The van der Waals surface area contributed by atoms with Gasteiger partial charge >= 0.3 is 12.1 Å². The predicted octanol–water partition coefficient (Wildman–Crippen LogP) is 4.44. The van der Waals surface area contributed by atoms with Crippen molar-refractivity contribution in [1.82, 2.24) is 14.8 Å². The van der Waals surface area contributed by atoms with Gasteiger partial charge < -0.3 is 10.5 Å². The monoisotopic (exact) mass is 460 g/mol. The number of aryl methyl sites for hydroxylation is 1. The van der Waals surface area contributed by atoms with Crippen molar-refractivity contribution in [3.8, 4) is 10.6 Å². The maximum atomic E-state index is 13.2.